The van der Waals surface area contributed by atoms with Gasteiger partial charge in [0, 0.05) is 108 Å². The summed E-state index contributed by atoms with van der Waals surface area (Å²) < 4.78 is 54.5. The Morgan fingerprint density at radius 3 is 1.89 bits per heavy atom. The maximum Gasteiger partial charge on any atom is 0.417 e. The second-order valence-corrected chi connectivity index (χ2v) is 14.7. The molecule has 5 aliphatic heterocycles. The van der Waals surface area contributed by atoms with Crippen LogP contribution in [-0.2, 0) is 26.1 Å². The number of hydrogen-bond donors (Lipinski definition) is 0. The van der Waals surface area contributed by atoms with Crippen LogP contribution < -0.4 is 25.1 Å². The molecule has 5 aliphatic rings. The lowest BCUT2D eigenvalue weighted by Crippen LogP contribution is -2.48. The highest BCUT2D eigenvalue weighted by atomic mass is 19.4. The third-order valence-electron chi connectivity index (χ3n) is 11.5. The van der Waals surface area contributed by atoms with Crippen LogP contribution in [0.4, 0.5) is 30.2 Å². The van der Waals surface area contributed by atoms with Gasteiger partial charge >= 0.3 is 17.8 Å². The van der Waals surface area contributed by atoms with Crippen molar-refractivity contribution >= 4 is 51.7 Å². The number of anilines is 3. The van der Waals surface area contributed by atoms with E-state index in [9.17, 15) is 32.3 Å². The van der Waals surface area contributed by atoms with Gasteiger partial charge in [0.15, 0.2) is 0 Å². The number of alkyl halides is 3. The molecular weight excluding hydrogens is 745 g/mol. The van der Waals surface area contributed by atoms with E-state index >= 15 is 4.79 Å². The molecule has 1 atom stereocenters. The molecule has 0 saturated carbocycles. The molecular formula is C42H31F3N4O8. The van der Waals surface area contributed by atoms with Crippen molar-refractivity contribution < 1.29 is 46.3 Å². The number of hydrogen-bond acceptors (Lipinski definition) is 10. The van der Waals surface area contributed by atoms with E-state index in [0.717, 1.165) is 62.9 Å². The summed E-state index contributed by atoms with van der Waals surface area (Å²) in [4.78, 5) is 77.1. The Hall–Kier alpha value is -6.64. The number of nitrogens with zero attached hydrogens (tertiary/aromatic N) is 4. The number of carbonyl (C=O) groups is 4. The Morgan fingerprint density at radius 1 is 0.684 bits per heavy atom. The monoisotopic (exact) mass is 776 g/mol. The molecule has 12 nitrogen and oxygen atoms in total. The summed E-state index contributed by atoms with van der Waals surface area (Å²) in [6.45, 7) is 3.34. The van der Waals surface area contributed by atoms with E-state index in [1.165, 1.54) is 35.2 Å². The molecule has 288 valence electrons. The average molecular weight is 777 g/mol. The number of imide groups is 1. The van der Waals surface area contributed by atoms with Gasteiger partial charge in [-0.05, 0) is 61.7 Å². The van der Waals surface area contributed by atoms with Crippen LogP contribution >= 0.6 is 0 Å². The molecule has 3 fully saturated rings. The van der Waals surface area contributed by atoms with Gasteiger partial charge in [-0.1, -0.05) is 12.1 Å². The Bertz CT molecular complexity index is 2650. The zero-order valence-electron chi connectivity index (χ0n) is 30.1. The van der Waals surface area contributed by atoms with Crippen LogP contribution in [0.3, 0.4) is 0 Å². The molecule has 10 rings (SSSR count). The molecule has 0 N–H and O–H groups in total. The Morgan fingerprint density at radius 2 is 1.30 bits per heavy atom. The molecule has 6 heterocycles. The lowest BCUT2D eigenvalue weighted by atomic mass is 9.74. The second kappa shape index (κ2) is 12.4. The molecule has 3 amide bonds. The van der Waals surface area contributed by atoms with Gasteiger partial charge < -0.3 is 23.8 Å². The SMILES string of the molecule is O=C(ON1C(=O)CCC1=O)c1ccc2c(c1)C1(c3ccc(N4CCCC4)cc3Oc3cc(N4CCC4)ccc31)N(c1ccc3c(C(F)(F)F)cc(=O)oc3c1)C2=O. The predicted molar refractivity (Wildman–Crippen MR) is 198 cm³/mol. The molecule has 0 radical (unpaired) electrons. The van der Waals surface area contributed by atoms with Gasteiger partial charge in [-0.15, -0.1) is 5.06 Å². The van der Waals surface area contributed by atoms with Gasteiger partial charge in [0.2, 0.25) is 0 Å². The summed E-state index contributed by atoms with van der Waals surface area (Å²) in [5.74, 6) is -2.10. The maximum absolute atomic E-state index is 15.1. The number of rotatable bonds is 5. The van der Waals surface area contributed by atoms with Crippen LogP contribution in [0.25, 0.3) is 11.0 Å². The fourth-order valence-corrected chi connectivity index (χ4v) is 8.71. The van der Waals surface area contributed by atoms with Crippen molar-refractivity contribution in [2.45, 2.75) is 43.8 Å². The highest BCUT2D eigenvalue weighted by Crippen LogP contribution is 2.60. The Kier molecular flexibility index (Phi) is 7.59. The quantitative estimate of drug-likeness (QED) is 0.137. The smallest absolute Gasteiger partial charge is 0.417 e. The van der Waals surface area contributed by atoms with Gasteiger partial charge in [0.05, 0.1) is 11.1 Å². The summed E-state index contributed by atoms with van der Waals surface area (Å²) in [6.07, 6.45) is -2.04. The van der Waals surface area contributed by atoms with Crippen LogP contribution in [0.5, 0.6) is 11.5 Å². The molecule has 0 aliphatic carbocycles. The lowest BCUT2D eigenvalue weighted by molar-refractivity contribution is -0.172. The third kappa shape index (κ3) is 5.24. The maximum atomic E-state index is 15.1. The van der Waals surface area contributed by atoms with E-state index in [1.807, 2.05) is 36.4 Å². The van der Waals surface area contributed by atoms with Crippen LogP contribution in [0.1, 0.15) is 75.1 Å². The van der Waals surface area contributed by atoms with E-state index < -0.39 is 46.6 Å². The Balaban J connectivity index is 1.23. The number of ether oxygens (including phenoxy) is 1. The number of amides is 3. The first-order valence-electron chi connectivity index (χ1n) is 18.6. The van der Waals surface area contributed by atoms with Crippen LogP contribution in [0.2, 0.25) is 0 Å². The van der Waals surface area contributed by atoms with Gasteiger partial charge in [-0.25, -0.2) is 9.59 Å². The van der Waals surface area contributed by atoms with Gasteiger partial charge in [-0.3, -0.25) is 19.3 Å². The first-order valence-corrected chi connectivity index (χ1v) is 18.6. The average Bonchev–Trinajstić information content (AvgIpc) is 3.88. The topological polar surface area (TPSA) is 130 Å². The predicted octanol–water partition coefficient (Wildman–Crippen LogP) is 6.90. The van der Waals surface area contributed by atoms with E-state index in [4.69, 9.17) is 14.0 Å². The Labute approximate surface area is 321 Å². The molecule has 1 spiro atoms. The summed E-state index contributed by atoms with van der Waals surface area (Å²) in [5.41, 5.74) is -1.18. The highest BCUT2D eigenvalue weighted by molar-refractivity contribution is 6.15. The van der Waals surface area contributed by atoms with Crippen molar-refractivity contribution in [3.05, 3.63) is 123 Å². The van der Waals surface area contributed by atoms with Crippen LogP contribution in [-0.4, -0.2) is 54.9 Å². The van der Waals surface area contributed by atoms with E-state index in [1.54, 1.807) is 0 Å². The molecule has 1 aromatic heterocycles. The summed E-state index contributed by atoms with van der Waals surface area (Å²) in [7, 11) is 0. The van der Waals surface area contributed by atoms with Gasteiger partial charge in [0.25, 0.3) is 17.7 Å². The number of halogens is 3. The molecule has 4 aromatic carbocycles. The third-order valence-corrected chi connectivity index (χ3v) is 11.5. The van der Waals surface area contributed by atoms with Crippen molar-refractivity contribution in [2.24, 2.45) is 0 Å². The summed E-state index contributed by atoms with van der Waals surface area (Å²) in [5, 5.41) is 0.0687. The van der Waals surface area contributed by atoms with Crippen molar-refractivity contribution in [1.29, 1.82) is 0 Å². The number of fused-ring (bicyclic) bond motifs is 7. The minimum atomic E-state index is -4.87. The number of hydroxylamine groups is 2. The van der Waals surface area contributed by atoms with Crippen LogP contribution in [0.15, 0.2) is 88.1 Å². The minimum absolute atomic E-state index is 0.0740. The lowest BCUT2D eigenvalue weighted by Gasteiger charge is -2.45. The number of benzene rings is 4. The van der Waals surface area contributed by atoms with E-state index in [0.29, 0.717) is 39.3 Å². The van der Waals surface area contributed by atoms with Crippen molar-refractivity contribution in [3.63, 3.8) is 0 Å². The number of carbonyl (C=O) groups excluding carboxylic acids is 4. The van der Waals surface area contributed by atoms with Gasteiger partial charge in [0.1, 0.15) is 22.6 Å². The fourth-order valence-electron chi connectivity index (χ4n) is 8.71. The van der Waals surface area contributed by atoms with Crippen LogP contribution in [0, 0.1) is 0 Å². The zero-order valence-corrected chi connectivity index (χ0v) is 30.1. The zero-order chi connectivity index (χ0) is 39.4. The molecule has 57 heavy (non-hydrogen) atoms. The normalized spacial score (nSPS) is 19.9. The molecule has 3 saturated heterocycles. The standard InChI is InChI=1S/C42H31F3N4O8/c43-42(44,45)32-22-38(52)56-33-21-26(5-9-27(32)33)48-39(53)28-8-4-23(40(54)57-49-36(50)12-13-37(49)51)18-31(28)41(48)29-10-6-24(46-14-1-2-15-46)19-34(29)55-35-20-25(7-11-30(35)41)47-16-3-17-47/h4-11,18-22H,1-3,12-17H2. The first kappa shape index (κ1) is 34.8. The van der Waals surface area contributed by atoms with E-state index in [2.05, 4.69) is 9.80 Å². The van der Waals surface area contributed by atoms with Crippen molar-refractivity contribution in [3.8, 4) is 11.5 Å². The summed E-state index contributed by atoms with van der Waals surface area (Å²) in [6, 6.07) is 19.7. The molecule has 0 bridgehead atoms. The first-order chi connectivity index (χ1) is 27.4. The molecule has 1 unspecified atom stereocenters. The van der Waals surface area contributed by atoms with Gasteiger partial charge in [-0.2, -0.15) is 13.2 Å². The fraction of sp³-hybridized carbons (Fsp3) is 0.262. The summed E-state index contributed by atoms with van der Waals surface area (Å²) >= 11 is 0. The molecule has 15 heteroatoms. The van der Waals surface area contributed by atoms with Crippen molar-refractivity contribution in [2.75, 3.05) is 40.9 Å². The van der Waals surface area contributed by atoms with Crippen molar-refractivity contribution in [1.82, 2.24) is 5.06 Å². The largest absolute Gasteiger partial charge is 0.456 e. The van der Waals surface area contributed by atoms with E-state index in [-0.39, 0.29) is 40.6 Å². The minimum Gasteiger partial charge on any atom is -0.456 e. The second-order valence-electron chi connectivity index (χ2n) is 14.7. The molecule has 5 aromatic rings. The highest BCUT2D eigenvalue weighted by Gasteiger charge is 2.57.